The van der Waals surface area contributed by atoms with Crippen molar-refractivity contribution in [2.75, 3.05) is 25.2 Å². The average Bonchev–Trinajstić information content (AvgIpc) is 2.34. The fourth-order valence-electron chi connectivity index (χ4n) is 1.39. The summed E-state index contributed by atoms with van der Waals surface area (Å²) in [5, 5.41) is 8.79. The van der Waals surface area contributed by atoms with Crippen molar-refractivity contribution in [1.29, 1.82) is 0 Å². The van der Waals surface area contributed by atoms with Gasteiger partial charge in [0.25, 0.3) is 0 Å². The van der Waals surface area contributed by atoms with Crippen LogP contribution in [0.5, 0.6) is 0 Å². The van der Waals surface area contributed by atoms with Crippen LogP contribution in [-0.4, -0.2) is 37.2 Å². The minimum absolute atomic E-state index is 0.165. The molecule has 0 aliphatic carbocycles. The van der Waals surface area contributed by atoms with Crippen LogP contribution in [-0.2, 0) is 14.3 Å². The fourth-order valence-corrected chi connectivity index (χ4v) is 1.39. The molecule has 0 saturated carbocycles. The molecule has 1 rings (SSSR count). The van der Waals surface area contributed by atoms with E-state index in [9.17, 15) is 9.59 Å². The quantitative estimate of drug-likeness (QED) is 0.805. The van der Waals surface area contributed by atoms with Crippen LogP contribution in [0.15, 0.2) is 30.3 Å². The van der Waals surface area contributed by atoms with Crippen LogP contribution in [0.3, 0.4) is 0 Å². The van der Waals surface area contributed by atoms with E-state index in [4.69, 9.17) is 9.84 Å². The molecule has 0 unspecified atom stereocenters. The summed E-state index contributed by atoms with van der Waals surface area (Å²) in [4.78, 5) is 23.8. The number of carbonyl (C=O) groups is 2. The maximum absolute atomic E-state index is 11.8. The molecule has 1 aromatic rings. The highest BCUT2D eigenvalue weighted by Gasteiger charge is 2.17. The smallest absolute Gasteiger partial charge is 0.323 e. The van der Waals surface area contributed by atoms with Crippen molar-refractivity contribution in [2.45, 2.75) is 6.42 Å². The molecule has 0 atom stereocenters. The normalized spacial score (nSPS) is 9.94. The summed E-state index contributed by atoms with van der Waals surface area (Å²) in [6, 6.07) is 8.73. The molecule has 1 N–H and O–H groups in total. The zero-order chi connectivity index (χ0) is 12.7. The summed E-state index contributed by atoms with van der Waals surface area (Å²) in [5.74, 6) is -1.31. The molecule has 0 aliphatic rings. The van der Waals surface area contributed by atoms with Gasteiger partial charge in [-0.15, -0.1) is 0 Å². The molecule has 0 bridgehead atoms. The number of amides is 1. The first kappa shape index (κ1) is 13.2. The van der Waals surface area contributed by atoms with E-state index in [-0.39, 0.29) is 25.5 Å². The van der Waals surface area contributed by atoms with Gasteiger partial charge in [-0.25, -0.2) is 0 Å². The van der Waals surface area contributed by atoms with Crippen molar-refractivity contribution in [3.63, 3.8) is 0 Å². The fraction of sp³-hybridized carbons (Fsp3) is 0.333. The second-order valence-corrected chi connectivity index (χ2v) is 3.45. The predicted molar refractivity (Wildman–Crippen MR) is 62.9 cm³/mol. The van der Waals surface area contributed by atoms with Crippen LogP contribution < -0.4 is 4.90 Å². The van der Waals surface area contributed by atoms with Crippen LogP contribution in [0.25, 0.3) is 0 Å². The molecule has 0 fully saturated rings. The molecule has 92 valence electrons. The van der Waals surface area contributed by atoms with Crippen LogP contribution in [0.1, 0.15) is 6.42 Å². The lowest BCUT2D eigenvalue weighted by Gasteiger charge is -2.20. The van der Waals surface area contributed by atoms with E-state index < -0.39 is 5.97 Å². The van der Waals surface area contributed by atoms with E-state index in [1.54, 1.807) is 24.3 Å². The molecule has 5 nitrogen and oxygen atoms in total. The molecule has 17 heavy (non-hydrogen) atoms. The summed E-state index contributed by atoms with van der Waals surface area (Å²) < 4.78 is 4.81. The van der Waals surface area contributed by atoms with Crippen molar-refractivity contribution in [3.05, 3.63) is 30.3 Å². The largest absolute Gasteiger partial charge is 0.480 e. The SMILES string of the molecule is COCCC(=O)N(CC(=O)O)c1ccccc1. The average molecular weight is 237 g/mol. The van der Waals surface area contributed by atoms with Gasteiger partial charge < -0.3 is 14.7 Å². The molecular formula is C12H15NO4. The highest BCUT2D eigenvalue weighted by molar-refractivity contribution is 5.97. The number of carboxylic acid groups (broad SMARTS) is 1. The number of para-hydroxylation sites is 1. The van der Waals surface area contributed by atoms with E-state index in [1.807, 2.05) is 6.07 Å². The zero-order valence-corrected chi connectivity index (χ0v) is 9.63. The molecule has 1 aromatic carbocycles. The number of ether oxygens (including phenoxy) is 1. The first-order valence-corrected chi connectivity index (χ1v) is 5.21. The third-order valence-electron chi connectivity index (χ3n) is 2.18. The third kappa shape index (κ3) is 4.24. The maximum Gasteiger partial charge on any atom is 0.323 e. The molecule has 5 heteroatoms. The summed E-state index contributed by atoms with van der Waals surface area (Å²) in [7, 11) is 1.50. The Bertz CT molecular complexity index is 377. The Balaban J connectivity index is 2.80. The number of hydrogen-bond donors (Lipinski definition) is 1. The second kappa shape index (κ2) is 6.65. The van der Waals surface area contributed by atoms with Crippen LogP contribution >= 0.6 is 0 Å². The van der Waals surface area contributed by atoms with E-state index in [0.29, 0.717) is 5.69 Å². The van der Waals surface area contributed by atoms with Crippen molar-refractivity contribution < 1.29 is 19.4 Å². The summed E-state index contributed by atoms with van der Waals surface area (Å²) in [6.45, 7) is -0.0612. The van der Waals surface area contributed by atoms with Gasteiger partial charge in [-0.2, -0.15) is 0 Å². The van der Waals surface area contributed by atoms with Gasteiger partial charge in [0.2, 0.25) is 5.91 Å². The van der Waals surface area contributed by atoms with Gasteiger partial charge >= 0.3 is 5.97 Å². The number of benzene rings is 1. The number of carboxylic acids is 1. The van der Waals surface area contributed by atoms with Crippen molar-refractivity contribution in [2.24, 2.45) is 0 Å². The Hall–Kier alpha value is -1.88. The highest BCUT2D eigenvalue weighted by Crippen LogP contribution is 2.14. The minimum atomic E-state index is -1.04. The summed E-state index contributed by atoms with van der Waals surface area (Å²) in [5.41, 5.74) is 0.580. The van der Waals surface area contributed by atoms with Gasteiger partial charge in [0.15, 0.2) is 0 Å². The Morgan fingerprint density at radius 3 is 2.47 bits per heavy atom. The number of hydrogen-bond acceptors (Lipinski definition) is 3. The number of nitrogens with zero attached hydrogens (tertiary/aromatic N) is 1. The Kier molecular flexibility index (Phi) is 5.16. The lowest BCUT2D eigenvalue weighted by molar-refractivity contribution is -0.136. The number of methoxy groups -OCH3 is 1. The summed E-state index contributed by atoms with van der Waals surface area (Å²) in [6.07, 6.45) is 0.165. The van der Waals surface area contributed by atoms with Crippen molar-refractivity contribution >= 4 is 17.6 Å². The third-order valence-corrected chi connectivity index (χ3v) is 2.18. The monoisotopic (exact) mass is 237 g/mol. The molecular weight excluding hydrogens is 222 g/mol. The lowest BCUT2D eigenvalue weighted by atomic mass is 10.2. The van der Waals surface area contributed by atoms with Gasteiger partial charge in [-0.1, -0.05) is 18.2 Å². The number of anilines is 1. The molecule has 0 aliphatic heterocycles. The van der Waals surface area contributed by atoms with Crippen molar-refractivity contribution in [1.82, 2.24) is 0 Å². The van der Waals surface area contributed by atoms with Crippen molar-refractivity contribution in [3.8, 4) is 0 Å². The van der Waals surface area contributed by atoms with Gasteiger partial charge in [-0.3, -0.25) is 9.59 Å². The van der Waals surface area contributed by atoms with Gasteiger partial charge in [0, 0.05) is 12.8 Å². The topological polar surface area (TPSA) is 66.8 Å². The molecule has 0 aromatic heterocycles. The van der Waals surface area contributed by atoms with E-state index in [0.717, 1.165) is 0 Å². The van der Waals surface area contributed by atoms with Crippen LogP contribution in [0, 0.1) is 0 Å². The number of aliphatic carboxylic acids is 1. The maximum atomic E-state index is 11.8. The number of carbonyl (C=O) groups excluding carboxylic acids is 1. The van der Waals surface area contributed by atoms with Crippen LogP contribution in [0.2, 0.25) is 0 Å². The molecule has 1 amide bonds. The first-order chi connectivity index (χ1) is 8.15. The Labute approximate surface area is 99.6 Å². The second-order valence-electron chi connectivity index (χ2n) is 3.45. The van der Waals surface area contributed by atoms with Gasteiger partial charge in [0.1, 0.15) is 6.54 Å². The molecule has 0 spiro atoms. The van der Waals surface area contributed by atoms with E-state index in [1.165, 1.54) is 12.0 Å². The Morgan fingerprint density at radius 2 is 1.94 bits per heavy atom. The van der Waals surface area contributed by atoms with Gasteiger partial charge in [-0.05, 0) is 12.1 Å². The lowest BCUT2D eigenvalue weighted by Crippen LogP contribution is -2.36. The highest BCUT2D eigenvalue weighted by atomic mass is 16.5. The molecule has 0 radical (unpaired) electrons. The van der Waals surface area contributed by atoms with E-state index >= 15 is 0 Å². The van der Waals surface area contributed by atoms with Gasteiger partial charge in [0.05, 0.1) is 13.0 Å². The minimum Gasteiger partial charge on any atom is -0.480 e. The summed E-state index contributed by atoms with van der Waals surface area (Å²) >= 11 is 0. The van der Waals surface area contributed by atoms with E-state index in [2.05, 4.69) is 0 Å². The first-order valence-electron chi connectivity index (χ1n) is 5.21. The van der Waals surface area contributed by atoms with Crippen LogP contribution in [0.4, 0.5) is 5.69 Å². The Morgan fingerprint density at radius 1 is 1.29 bits per heavy atom. The predicted octanol–water partition coefficient (Wildman–Crippen LogP) is 1.14. The number of rotatable bonds is 6. The standard InChI is InChI=1S/C12H15NO4/c1-17-8-7-11(14)13(9-12(15)16)10-5-3-2-4-6-10/h2-6H,7-9H2,1H3,(H,15,16). The zero-order valence-electron chi connectivity index (χ0n) is 9.63. The molecule has 0 saturated heterocycles. The molecule has 0 heterocycles.